The molecule has 154 valence electrons. The molecule has 3 aromatic rings. The Morgan fingerprint density at radius 3 is 2.32 bits per heavy atom. The van der Waals surface area contributed by atoms with Crippen molar-refractivity contribution in [1.82, 2.24) is 0 Å². The zero-order valence-corrected chi connectivity index (χ0v) is 17.0. The first-order valence-electron chi connectivity index (χ1n) is 8.92. The van der Waals surface area contributed by atoms with Gasteiger partial charge >= 0.3 is 5.97 Å². The molecule has 0 saturated carbocycles. The molecule has 0 fully saturated rings. The zero-order chi connectivity index (χ0) is 22.4. The van der Waals surface area contributed by atoms with E-state index < -0.39 is 5.97 Å². The average Bonchev–Trinajstić information content (AvgIpc) is 2.79. The number of benzene rings is 3. The number of ether oxygens (including phenoxy) is 1. The maximum atomic E-state index is 12.8. The molecular weight excluding hydrogens is 420 g/mol. The SMILES string of the molecule is COC(=O)c1cc(C(=O)c2ccc(NC(=O)c3cccc(Cl)c3)cc2)ccc1N=[N+]=[N-]. The van der Waals surface area contributed by atoms with E-state index in [0.717, 1.165) is 0 Å². The Morgan fingerprint density at radius 1 is 0.968 bits per heavy atom. The van der Waals surface area contributed by atoms with Crippen LogP contribution in [0.3, 0.4) is 0 Å². The number of hydrogen-bond acceptors (Lipinski definition) is 5. The number of hydrogen-bond donors (Lipinski definition) is 1. The number of nitrogens with zero attached hydrogens (tertiary/aromatic N) is 3. The summed E-state index contributed by atoms with van der Waals surface area (Å²) in [4.78, 5) is 39.7. The number of nitrogens with one attached hydrogen (secondary N) is 1. The number of halogens is 1. The minimum absolute atomic E-state index is 0.0171. The summed E-state index contributed by atoms with van der Waals surface area (Å²) in [6.07, 6.45) is 0. The Morgan fingerprint density at radius 2 is 1.68 bits per heavy atom. The number of azide groups is 1. The fourth-order valence-corrected chi connectivity index (χ4v) is 2.98. The van der Waals surface area contributed by atoms with Gasteiger partial charge in [0.25, 0.3) is 5.91 Å². The second-order valence-corrected chi connectivity index (χ2v) is 6.72. The molecule has 9 heteroatoms. The van der Waals surface area contributed by atoms with Crippen molar-refractivity contribution in [3.8, 4) is 0 Å². The highest BCUT2D eigenvalue weighted by Gasteiger charge is 2.16. The van der Waals surface area contributed by atoms with Gasteiger partial charge in [-0.15, -0.1) is 0 Å². The van der Waals surface area contributed by atoms with E-state index in [1.54, 1.807) is 48.5 Å². The molecule has 0 bridgehead atoms. The van der Waals surface area contributed by atoms with Gasteiger partial charge in [0.1, 0.15) is 0 Å². The molecule has 0 aliphatic rings. The fourth-order valence-electron chi connectivity index (χ4n) is 2.79. The van der Waals surface area contributed by atoms with Crippen molar-refractivity contribution in [2.75, 3.05) is 12.4 Å². The molecule has 0 spiro atoms. The van der Waals surface area contributed by atoms with Gasteiger partial charge in [-0.25, -0.2) is 4.79 Å². The topological polar surface area (TPSA) is 121 Å². The van der Waals surface area contributed by atoms with Gasteiger partial charge in [-0.3, -0.25) is 9.59 Å². The lowest BCUT2D eigenvalue weighted by Gasteiger charge is -2.08. The van der Waals surface area contributed by atoms with E-state index in [9.17, 15) is 14.4 Å². The minimum atomic E-state index is -0.726. The quantitative estimate of drug-likeness (QED) is 0.179. The molecule has 3 aromatic carbocycles. The van der Waals surface area contributed by atoms with E-state index in [1.807, 2.05) is 0 Å². The largest absolute Gasteiger partial charge is 0.465 e. The van der Waals surface area contributed by atoms with Gasteiger partial charge < -0.3 is 10.1 Å². The van der Waals surface area contributed by atoms with Crippen molar-refractivity contribution in [2.45, 2.75) is 0 Å². The Hall–Kier alpha value is -4.13. The van der Waals surface area contributed by atoms with E-state index in [-0.39, 0.29) is 28.5 Å². The van der Waals surface area contributed by atoms with Crippen LogP contribution in [0.2, 0.25) is 5.02 Å². The number of carbonyl (C=O) groups is 3. The molecule has 3 rings (SSSR count). The highest BCUT2D eigenvalue weighted by molar-refractivity contribution is 6.31. The van der Waals surface area contributed by atoms with Crippen molar-refractivity contribution in [1.29, 1.82) is 0 Å². The van der Waals surface area contributed by atoms with Crippen LogP contribution in [0.15, 0.2) is 71.8 Å². The number of ketones is 1. The number of amides is 1. The molecule has 1 amide bonds. The number of esters is 1. The molecule has 0 aliphatic carbocycles. The van der Waals surface area contributed by atoms with Crippen molar-refractivity contribution >= 4 is 40.6 Å². The van der Waals surface area contributed by atoms with E-state index in [0.29, 0.717) is 21.8 Å². The molecule has 31 heavy (non-hydrogen) atoms. The van der Waals surface area contributed by atoms with Gasteiger partial charge in [0.15, 0.2) is 5.78 Å². The second kappa shape index (κ2) is 9.58. The predicted molar refractivity (Wildman–Crippen MR) is 116 cm³/mol. The van der Waals surface area contributed by atoms with Crippen molar-refractivity contribution in [3.05, 3.63) is 104 Å². The maximum absolute atomic E-state index is 12.8. The van der Waals surface area contributed by atoms with Crippen LogP contribution in [0.25, 0.3) is 10.4 Å². The summed E-state index contributed by atoms with van der Waals surface area (Å²) in [5.74, 6) is -1.42. The third-order valence-corrected chi connectivity index (χ3v) is 4.54. The monoisotopic (exact) mass is 434 g/mol. The van der Waals surface area contributed by atoms with E-state index in [1.165, 1.54) is 25.3 Å². The summed E-state index contributed by atoms with van der Waals surface area (Å²) in [5.41, 5.74) is 10.1. The Balaban J connectivity index is 1.81. The van der Waals surface area contributed by atoms with Crippen LogP contribution in [0.5, 0.6) is 0 Å². The van der Waals surface area contributed by atoms with Gasteiger partial charge in [-0.2, -0.15) is 0 Å². The summed E-state index contributed by atoms with van der Waals surface area (Å²) in [6.45, 7) is 0. The van der Waals surface area contributed by atoms with Crippen LogP contribution in [0, 0.1) is 0 Å². The van der Waals surface area contributed by atoms with Gasteiger partial charge in [-0.1, -0.05) is 34.9 Å². The number of anilines is 1. The molecule has 0 radical (unpaired) electrons. The third kappa shape index (κ3) is 5.08. The summed E-state index contributed by atoms with van der Waals surface area (Å²) in [5, 5.41) is 6.62. The van der Waals surface area contributed by atoms with Crippen LogP contribution in [-0.2, 0) is 4.74 Å². The van der Waals surface area contributed by atoms with Crippen molar-refractivity contribution < 1.29 is 19.1 Å². The Bertz CT molecular complexity index is 1220. The van der Waals surface area contributed by atoms with Crippen LogP contribution < -0.4 is 5.32 Å². The van der Waals surface area contributed by atoms with Gasteiger partial charge in [0.2, 0.25) is 0 Å². The van der Waals surface area contributed by atoms with Crippen LogP contribution in [-0.4, -0.2) is 24.8 Å². The molecule has 0 aromatic heterocycles. The standard InChI is InChI=1S/C22H15ClN4O4/c1-31-22(30)18-12-14(7-10-19(18)26-27-24)20(28)13-5-8-17(9-6-13)25-21(29)15-3-2-4-16(23)11-15/h2-12H,1H3,(H,25,29). The molecule has 1 N–H and O–H groups in total. The van der Waals surface area contributed by atoms with Gasteiger partial charge in [-0.05, 0) is 54.1 Å². The average molecular weight is 435 g/mol. The normalized spacial score (nSPS) is 10.0. The molecule has 0 unspecified atom stereocenters. The maximum Gasteiger partial charge on any atom is 0.338 e. The number of rotatable bonds is 6. The molecule has 0 heterocycles. The molecule has 0 atom stereocenters. The summed E-state index contributed by atoms with van der Waals surface area (Å²) < 4.78 is 4.68. The smallest absolute Gasteiger partial charge is 0.338 e. The third-order valence-electron chi connectivity index (χ3n) is 4.31. The van der Waals surface area contributed by atoms with E-state index >= 15 is 0 Å². The zero-order valence-electron chi connectivity index (χ0n) is 16.2. The first kappa shape index (κ1) is 21.6. The Labute approximate surface area is 182 Å². The lowest BCUT2D eigenvalue weighted by atomic mass is 10.00. The lowest BCUT2D eigenvalue weighted by Crippen LogP contribution is -2.12. The minimum Gasteiger partial charge on any atom is -0.465 e. The summed E-state index contributed by atoms with van der Waals surface area (Å²) >= 11 is 5.90. The molecular formula is C22H15ClN4O4. The second-order valence-electron chi connectivity index (χ2n) is 6.28. The highest BCUT2D eigenvalue weighted by Crippen LogP contribution is 2.24. The first-order valence-corrected chi connectivity index (χ1v) is 9.30. The highest BCUT2D eigenvalue weighted by atomic mass is 35.5. The van der Waals surface area contributed by atoms with Crippen molar-refractivity contribution in [2.24, 2.45) is 5.11 Å². The molecule has 0 aliphatic heterocycles. The van der Waals surface area contributed by atoms with Crippen LogP contribution in [0.1, 0.15) is 36.6 Å². The van der Waals surface area contributed by atoms with Crippen molar-refractivity contribution in [3.63, 3.8) is 0 Å². The van der Waals surface area contributed by atoms with Crippen LogP contribution in [0.4, 0.5) is 11.4 Å². The summed E-state index contributed by atoms with van der Waals surface area (Å²) in [7, 11) is 1.19. The van der Waals surface area contributed by atoms with E-state index in [4.69, 9.17) is 17.1 Å². The van der Waals surface area contributed by atoms with Gasteiger partial charge in [0.05, 0.1) is 18.4 Å². The first-order chi connectivity index (χ1) is 14.9. The van der Waals surface area contributed by atoms with Gasteiger partial charge in [0, 0.05) is 32.3 Å². The number of carbonyl (C=O) groups excluding carboxylic acids is 3. The lowest BCUT2D eigenvalue weighted by molar-refractivity contribution is 0.0601. The number of methoxy groups -OCH3 is 1. The predicted octanol–water partition coefficient (Wildman–Crippen LogP) is 5.55. The van der Waals surface area contributed by atoms with Crippen LogP contribution >= 0.6 is 11.6 Å². The van der Waals surface area contributed by atoms with E-state index in [2.05, 4.69) is 20.1 Å². The molecule has 8 nitrogen and oxygen atoms in total. The Kier molecular flexibility index (Phi) is 6.67. The molecule has 0 saturated heterocycles. The summed E-state index contributed by atoms with van der Waals surface area (Å²) in [6, 6.07) is 16.9. The fraction of sp³-hybridized carbons (Fsp3) is 0.0455.